The SMILES string of the molecule is CCCC(C)NC(=O)C(C)N1CCC(NCC)C(C)C1. The Labute approximate surface area is 124 Å². The third-order valence-electron chi connectivity index (χ3n) is 4.44. The van der Waals surface area contributed by atoms with Crippen molar-refractivity contribution in [1.82, 2.24) is 15.5 Å². The van der Waals surface area contributed by atoms with Gasteiger partial charge in [-0.05, 0) is 39.2 Å². The Bertz CT molecular complexity index is 295. The molecule has 4 nitrogen and oxygen atoms in total. The van der Waals surface area contributed by atoms with Gasteiger partial charge in [0.05, 0.1) is 6.04 Å². The van der Waals surface area contributed by atoms with Crippen LogP contribution in [-0.4, -0.2) is 48.6 Å². The maximum atomic E-state index is 12.3. The van der Waals surface area contributed by atoms with E-state index in [0.717, 1.165) is 38.9 Å². The Balaban J connectivity index is 2.44. The van der Waals surface area contributed by atoms with Crippen LogP contribution >= 0.6 is 0 Å². The molecule has 1 amide bonds. The van der Waals surface area contributed by atoms with Crippen molar-refractivity contribution in [3.8, 4) is 0 Å². The molecule has 0 aromatic rings. The summed E-state index contributed by atoms with van der Waals surface area (Å²) in [7, 11) is 0. The fourth-order valence-corrected chi connectivity index (χ4v) is 3.13. The van der Waals surface area contributed by atoms with E-state index in [1.54, 1.807) is 0 Å². The zero-order valence-corrected chi connectivity index (χ0v) is 13.9. The summed E-state index contributed by atoms with van der Waals surface area (Å²) in [5, 5.41) is 6.68. The van der Waals surface area contributed by atoms with Gasteiger partial charge in [0, 0.05) is 25.2 Å². The van der Waals surface area contributed by atoms with E-state index < -0.39 is 0 Å². The fraction of sp³-hybridized carbons (Fsp3) is 0.938. The summed E-state index contributed by atoms with van der Waals surface area (Å²) in [6.07, 6.45) is 3.30. The van der Waals surface area contributed by atoms with Crippen LogP contribution in [0.2, 0.25) is 0 Å². The Morgan fingerprint density at radius 3 is 2.60 bits per heavy atom. The van der Waals surface area contributed by atoms with Gasteiger partial charge in [-0.3, -0.25) is 9.69 Å². The molecular weight excluding hydrogens is 250 g/mol. The first-order valence-corrected chi connectivity index (χ1v) is 8.27. The summed E-state index contributed by atoms with van der Waals surface area (Å²) in [4.78, 5) is 14.6. The fourth-order valence-electron chi connectivity index (χ4n) is 3.13. The molecule has 1 aliphatic rings. The van der Waals surface area contributed by atoms with Gasteiger partial charge in [0.25, 0.3) is 0 Å². The lowest BCUT2D eigenvalue weighted by molar-refractivity contribution is -0.127. The van der Waals surface area contributed by atoms with Crippen molar-refractivity contribution in [2.24, 2.45) is 5.92 Å². The van der Waals surface area contributed by atoms with E-state index in [1.807, 2.05) is 6.92 Å². The Kier molecular flexibility index (Phi) is 7.52. The van der Waals surface area contributed by atoms with E-state index in [2.05, 4.69) is 43.2 Å². The Morgan fingerprint density at radius 2 is 2.05 bits per heavy atom. The predicted octanol–water partition coefficient (Wildman–Crippen LogP) is 2.00. The molecule has 0 radical (unpaired) electrons. The van der Waals surface area contributed by atoms with Crippen LogP contribution in [0.3, 0.4) is 0 Å². The van der Waals surface area contributed by atoms with Crippen LogP contribution in [0, 0.1) is 5.92 Å². The summed E-state index contributed by atoms with van der Waals surface area (Å²) in [6, 6.07) is 0.872. The number of carbonyl (C=O) groups is 1. The second kappa shape index (κ2) is 8.63. The normalized spacial score (nSPS) is 27.1. The van der Waals surface area contributed by atoms with Crippen molar-refractivity contribution >= 4 is 5.91 Å². The smallest absolute Gasteiger partial charge is 0.237 e. The zero-order valence-electron chi connectivity index (χ0n) is 13.9. The molecule has 4 unspecified atom stereocenters. The minimum Gasteiger partial charge on any atom is -0.352 e. The summed E-state index contributed by atoms with van der Waals surface area (Å²) < 4.78 is 0. The molecule has 2 N–H and O–H groups in total. The number of hydrogen-bond acceptors (Lipinski definition) is 3. The van der Waals surface area contributed by atoms with Gasteiger partial charge in [-0.15, -0.1) is 0 Å². The van der Waals surface area contributed by atoms with Gasteiger partial charge in [0.15, 0.2) is 0 Å². The first-order valence-electron chi connectivity index (χ1n) is 8.27. The number of hydrogen-bond donors (Lipinski definition) is 2. The molecule has 20 heavy (non-hydrogen) atoms. The lowest BCUT2D eigenvalue weighted by atomic mass is 9.92. The summed E-state index contributed by atoms with van der Waals surface area (Å²) in [5.41, 5.74) is 0. The summed E-state index contributed by atoms with van der Waals surface area (Å²) in [5.74, 6) is 0.784. The van der Waals surface area contributed by atoms with Gasteiger partial charge in [0.2, 0.25) is 5.91 Å². The van der Waals surface area contributed by atoms with Crippen LogP contribution in [0.4, 0.5) is 0 Å². The van der Waals surface area contributed by atoms with E-state index in [0.29, 0.717) is 12.0 Å². The second-order valence-corrected chi connectivity index (χ2v) is 6.30. The number of piperidine rings is 1. The molecule has 1 heterocycles. The third kappa shape index (κ3) is 5.06. The minimum absolute atomic E-state index is 0.0145. The van der Waals surface area contributed by atoms with Crippen molar-refractivity contribution < 1.29 is 4.79 Å². The van der Waals surface area contributed by atoms with Gasteiger partial charge >= 0.3 is 0 Å². The molecule has 4 atom stereocenters. The molecule has 0 aromatic carbocycles. The van der Waals surface area contributed by atoms with Crippen molar-refractivity contribution in [2.75, 3.05) is 19.6 Å². The number of likely N-dealkylation sites (tertiary alicyclic amines) is 1. The average Bonchev–Trinajstić information content (AvgIpc) is 2.40. The van der Waals surface area contributed by atoms with Crippen LogP contribution < -0.4 is 10.6 Å². The monoisotopic (exact) mass is 283 g/mol. The van der Waals surface area contributed by atoms with E-state index >= 15 is 0 Å². The summed E-state index contributed by atoms with van der Waals surface area (Å²) >= 11 is 0. The van der Waals surface area contributed by atoms with Gasteiger partial charge in [-0.2, -0.15) is 0 Å². The van der Waals surface area contributed by atoms with E-state index in [9.17, 15) is 4.79 Å². The molecule has 1 fully saturated rings. The molecule has 118 valence electrons. The second-order valence-electron chi connectivity index (χ2n) is 6.30. The van der Waals surface area contributed by atoms with Crippen LogP contribution in [0.5, 0.6) is 0 Å². The Hall–Kier alpha value is -0.610. The average molecular weight is 283 g/mol. The first-order chi connectivity index (χ1) is 9.49. The van der Waals surface area contributed by atoms with Crippen LogP contribution in [0.1, 0.15) is 53.9 Å². The molecule has 0 bridgehead atoms. The van der Waals surface area contributed by atoms with Gasteiger partial charge in [0.1, 0.15) is 0 Å². The molecule has 0 saturated carbocycles. The van der Waals surface area contributed by atoms with E-state index in [1.165, 1.54) is 0 Å². The number of amides is 1. The molecular formula is C16H33N3O. The van der Waals surface area contributed by atoms with Crippen molar-refractivity contribution in [1.29, 1.82) is 0 Å². The largest absolute Gasteiger partial charge is 0.352 e. The zero-order chi connectivity index (χ0) is 15.1. The van der Waals surface area contributed by atoms with E-state index in [-0.39, 0.29) is 18.0 Å². The first kappa shape index (κ1) is 17.4. The lowest BCUT2D eigenvalue weighted by Crippen LogP contribution is -2.55. The highest BCUT2D eigenvalue weighted by Crippen LogP contribution is 2.19. The Morgan fingerprint density at radius 1 is 1.35 bits per heavy atom. The highest BCUT2D eigenvalue weighted by molar-refractivity contribution is 5.81. The van der Waals surface area contributed by atoms with Crippen molar-refractivity contribution in [3.63, 3.8) is 0 Å². The molecule has 1 rings (SSSR count). The van der Waals surface area contributed by atoms with E-state index in [4.69, 9.17) is 0 Å². The molecule has 4 heteroatoms. The number of nitrogens with one attached hydrogen (secondary N) is 2. The third-order valence-corrected chi connectivity index (χ3v) is 4.44. The number of nitrogens with zero attached hydrogens (tertiary/aromatic N) is 1. The molecule has 0 aromatic heterocycles. The van der Waals surface area contributed by atoms with Gasteiger partial charge in [-0.1, -0.05) is 27.2 Å². The minimum atomic E-state index is -0.0145. The molecule has 0 aliphatic carbocycles. The van der Waals surface area contributed by atoms with Crippen LogP contribution in [-0.2, 0) is 4.79 Å². The van der Waals surface area contributed by atoms with Crippen LogP contribution in [0.25, 0.3) is 0 Å². The summed E-state index contributed by atoms with van der Waals surface area (Å²) in [6.45, 7) is 13.8. The standard InChI is InChI=1S/C16H33N3O/c1-6-8-13(4)18-16(20)14(5)19-10-9-15(17-7-2)12(3)11-19/h12-15,17H,6-11H2,1-5H3,(H,18,20). The predicted molar refractivity (Wildman–Crippen MR) is 84.8 cm³/mol. The quantitative estimate of drug-likeness (QED) is 0.751. The number of carbonyl (C=O) groups excluding carboxylic acids is 1. The maximum absolute atomic E-state index is 12.3. The van der Waals surface area contributed by atoms with Gasteiger partial charge in [-0.25, -0.2) is 0 Å². The van der Waals surface area contributed by atoms with Crippen LogP contribution in [0.15, 0.2) is 0 Å². The lowest BCUT2D eigenvalue weighted by Gasteiger charge is -2.40. The highest BCUT2D eigenvalue weighted by atomic mass is 16.2. The topological polar surface area (TPSA) is 44.4 Å². The van der Waals surface area contributed by atoms with Crippen molar-refractivity contribution in [2.45, 2.75) is 72.0 Å². The maximum Gasteiger partial charge on any atom is 0.237 e. The van der Waals surface area contributed by atoms with Gasteiger partial charge < -0.3 is 10.6 Å². The molecule has 0 spiro atoms. The molecule has 1 aliphatic heterocycles. The molecule has 1 saturated heterocycles. The highest BCUT2D eigenvalue weighted by Gasteiger charge is 2.30. The number of rotatable bonds is 7. The van der Waals surface area contributed by atoms with Crippen molar-refractivity contribution in [3.05, 3.63) is 0 Å².